The average molecular weight is 318 g/mol. The Labute approximate surface area is 133 Å². The van der Waals surface area contributed by atoms with Crippen molar-refractivity contribution in [1.82, 2.24) is 15.1 Å². The minimum atomic E-state index is 0.0268. The quantitative estimate of drug-likeness (QED) is 0.816. The number of benzene rings is 1. The van der Waals surface area contributed by atoms with Gasteiger partial charge in [0, 0.05) is 30.1 Å². The Hall–Kier alpha value is -2.14. The van der Waals surface area contributed by atoms with Crippen LogP contribution in [0.2, 0.25) is 5.02 Å². The third-order valence-electron chi connectivity index (χ3n) is 3.82. The maximum absolute atomic E-state index is 12.2. The molecule has 0 aliphatic carbocycles. The zero-order valence-corrected chi connectivity index (χ0v) is 12.7. The lowest BCUT2D eigenvalue weighted by Gasteiger charge is -2.29. The fourth-order valence-corrected chi connectivity index (χ4v) is 2.68. The highest BCUT2D eigenvalue weighted by molar-refractivity contribution is 6.30. The highest BCUT2D eigenvalue weighted by atomic mass is 35.5. The molecular weight excluding hydrogens is 302 g/mol. The van der Waals surface area contributed by atoms with Gasteiger partial charge in [0.25, 0.3) is 0 Å². The molecule has 3 rings (SSSR count). The lowest BCUT2D eigenvalue weighted by Crippen LogP contribution is -2.36. The first-order chi connectivity index (χ1) is 10.7. The molecule has 1 amide bonds. The van der Waals surface area contributed by atoms with Crippen molar-refractivity contribution in [2.45, 2.75) is 18.8 Å². The Morgan fingerprint density at radius 2 is 2.00 bits per heavy atom. The van der Waals surface area contributed by atoms with E-state index in [0.717, 1.165) is 18.4 Å². The van der Waals surface area contributed by atoms with Gasteiger partial charge in [0.2, 0.25) is 18.2 Å². The molecule has 6 heteroatoms. The van der Waals surface area contributed by atoms with Crippen LogP contribution in [0.25, 0.3) is 6.08 Å². The van der Waals surface area contributed by atoms with Gasteiger partial charge in [-0.25, -0.2) is 0 Å². The number of aromatic nitrogens is 2. The van der Waals surface area contributed by atoms with Gasteiger partial charge in [-0.3, -0.25) is 4.79 Å². The van der Waals surface area contributed by atoms with Crippen molar-refractivity contribution >= 4 is 23.6 Å². The van der Waals surface area contributed by atoms with Gasteiger partial charge in [-0.1, -0.05) is 23.7 Å². The van der Waals surface area contributed by atoms with Crippen LogP contribution >= 0.6 is 11.6 Å². The van der Waals surface area contributed by atoms with Crippen LogP contribution in [0.3, 0.4) is 0 Å². The largest absolute Gasteiger partial charge is 0.428 e. The molecule has 0 atom stereocenters. The summed E-state index contributed by atoms with van der Waals surface area (Å²) in [7, 11) is 0. The molecule has 1 fully saturated rings. The number of piperidine rings is 1. The Kier molecular flexibility index (Phi) is 4.53. The summed E-state index contributed by atoms with van der Waals surface area (Å²) in [4.78, 5) is 14.0. The first-order valence-electron chi connectivity index (χ1n) is 7.21. The molecule has 2 aromatic rings. The molecular formula is C16H16ClN3O2. The SMILES string of the molecule is O=C(C=Cc1ccc(Cl)cc1)N1CCC(c2nnco2)CC1. The molecule has 1 aliphatic heterocycles. The summed E-state index contributed by atoms with van der Waals surface area (Å²) in [6.45, 7) is 1.41. The Morgan fingerprint density at radius 3 is 2.64 bits per heavy atom. The molecule has 0 spiro atoms. The van der Waals surface area contributed by atoms with Crippen LogP contribution in [0.5, 0.6) is 0 Å². The second-order valence-corrected chi connectivity index (χ2v) is 5.70. The van der Waals surface area contributed by atoms with Crippen LogP contribution in [0.4, 0.5) is 0 Å². The summed E-state index contributed by atoms with van der Waals surface area (Å²) >= 11 is 5.84. The maximum Gasteiger partial charge on any atom is 0.246 e. The van der Waals surface area contributed by atoms with E-state index in [0.29, 0.717) is 24.0 Å². The molecule has 0 saturated carbocycles. The molecule has 1 aromatic carbocycles. The lowest BCUT2D eigenvalue weighted by atomic mass is 9.97. The number of carbonyl (C=O) groups is 1. The Balaban J connectivity index is 1.54. The second kappa shape index (κ2) is 6.75. The third kappa shape index (κ3) is 3.54. The highest BCUT2D eigenvalue weighted by Gasteiger charge is 2.25. The van der Waals surface area contributed by atoms with Crippen LogP contribution in [0, 0.1) is 0 Å². The molecule has 2 heterocycles. The van der Waals surface area contributed by atoms with Crippen LogP contribution in [0.15, 0.2) is 41.2 Å². The lowest BCUT2D eigenvalue weighted by molar-refractivity contribution is -0.127. The molecule has 0 bridgehead atoms. The zero-order valence-electron chi connectivity index (χ0n) is 12.0. The van der Waals surface area contributed by atoms with Gasteiger partial charge in [-0.2, -0.15) is 0 Å². The number of hydrogen-bond donors (Lipinski definition) is 0. The molecule has 1 saturated heterocycles. The topological polar surface area (TPSA) is 59.2 Å². The molecule has 22 heavy (non-hydrogen) atoms. The van der Waals surface area contributed by atoms with Crippen LogP contribution in [-0.2, 0) is 4.79 Å². The molecule has 0 radical (unpaired) electrons. The van der Waals surface area contributed by atoms with Crippen molar-refractivity contribution in [2.75, 3.05) is 13.1 Å². The summed E-state index contributed by atoms with van der Waals surface area (Å²) in [5.74, 6) is 0.953. The summed E-state index contributed by atoms with van der Waals surface area (Å²) in [6.07, 6.45) is 6.46. The maximum atomic E-state index is 12.2. The standard InChI is InChI=1S/C16H16ClN3O2/c17-14-4-1-12(2-5-14)3-6-15(21)20-9-7-13(8-10-20)16-19-18-11-22-16/h1-6,11,13H,7-10H2. The fourth-order valence-electron chi connectivity index (χ4n) is 2.55. The van der Waals surface area contributed by atoms with E-state index in [1.807, 2.05) is 35.2 Å². The molecule has 0 N–H and O–H groups in total. The van der Waals surface area contributed by atoms with Gasteiger partial charge in [-0.05, 0) is 36.6 Å². The zero-order chi connectivity index (χ0) is 15.4. The number of hydrogen-bond acceptors (Lipinski definition) is 4. The van der Waals surface area contributed by atoms with E-state index in [2.05, 4.69) is 10.2 Å². The van der Waals surface area contributed by atoms with Crippen molar-refractivity contribution in [3.8, 4) is 0 Å². The fraction of sp³-hybridized carbons (Fsp3) is 0.312. The van der Waals surface area contributed by atoms with Crippen molar-refractivity contribution in [2.24, 2.45) is 0 Å². The normalized spacial score (nSPS) is 16.3. The summed E-state index contributed by atoms with van der Waals surface area (Å²) in [6, 6.07) is 7.38. The number of nitrogens with zero attached hydrogens (tertiary/aromatic N) is 3. The van der Waals surface area contributed by atoms with E-state index in [1.54, 1.807) is 6.08 Å². The van der Waals surface area contributed by atoms with Crippen molar-refractivity contribution in [3.05, 3.63) is 53.2 Å². The van der Waals surface area contributed by atoms with Crippen molar-refractivity contribution in [1.29, 1.82) is 0 Å². The van der Waals surface area contributed by atoms with E-state index in [-0.39, 0.29) is 11.8 Å². The predicted octanol–water partition coefficient (Wildman–Crippen LogP) is 3.14. The molecule has 5 nitrogen and oxygen atoms in total. The minimum Gasteiger partial charge on any atom is -0.428 e. The number of rotatable bonds is 3. The van der Waals surface area contributed by atoms with E-state index < -0.39 is 0 Å². The monoisotopic (exact) mass is 317 g/mol. The van der Waals surface area contributed by atoms with Gasteiger partial charge < -0.3 is 9.32 Å². The third-order valence-corrected chi connectivity index (χ3v) is 4.07. The van der Waals surface area contributed by atoms with Gasteiger partial charge in [-0.15, -0.1) is 10.2 Å². The first kappa shape index (κ1) is 14.8. The Morgan fingerprint density at radius 1 is 1.27 bits per heavy atom. The highest BCUT2D eigenvalue weighted by Crippen LogP contribution is 2.26. The van der Waals surface area contributed by atoms with E-state index in [4.69, 9.17) is 16.0 Å². The number of likely N-dealkylation sites (tertiary alicyclic amines) is 1. The van der Waals surface area contributed by atoms with Gasteiger partial charge in [0.1, 0.15) is 0 Å². The summed E-state index contributed by atoms with van der Waals surface area (Å²) in [5, 5.41) is 8.34. The van der Waals surface area contributed by atoms with Gasteiger partial charge >= 0.3 is 0 Å². The van der Waals surface area contributed by atoms with E-state index in [9.17, 15) is 4.79 Å². The summed E-state index contributed by atoms with van der Waals surface area (Å²) in [5.41, 5.74) is 0.957. The smallest absolute Gasteiger partial charge is 0.246 e. The van der Waals surface area contributed by atoms with Crippen molar-refractivity contribution < 1.29 is 9.21 Å². The van der Waals surface area contributed by atoms with E-state index in [1.165, 1.54) is 6.39 Å². The predicted molar refractivity (Wildman–Crippen MR) is 83.3 cm³/mol. The van der Waals surface area contributed by atoms with Crippen LogP contribution in [-0.4, -0.2) is 34.1 Å². The first-order valence-corrected chi connectivity index (χ1v) is 7.59. The number of carbonyl (C=O) groups excluding carboxylic acids is 1. The Bertz CT molecular complexity index is 645. The van der Waals surface area contributed by atoms with E-state index >= 15 is 0 Å². The molecule has 0 unspecified atom stereocenters. The number of halogens is 1. The van der Waals surface area contributed by atoms with Crippen molar-refractivity contribution in [3.63, 3.8) is 0 Å². The van der Waals surface area contributed by atoms with Crippen LogP contribution < -0.4 is 0 Å². The molecule has 114 valence electrons. The molecule has 1 aliphatic rings. The second-order valence-electron chi connectivity index (χ2n) is 5.26. The van der Waals surface area contributed by atoms with Crippen LogP contribution in [0.1, 0.15) is 30.2 Å². The van der Waals surface area contributed by atoms with Gasteiger partial charge in [0.05, 0.1) is 0 Å². The average Bonchev–Trinajstić information content (AvgIpc) is 3.09. The molecule has 1 aromatic heterocycles. The van der Waals surface area contributed by atoms with Gasteiger partial charge in [0.15, 0.2) is 0 Å². The minimum absolute atomic E-state index is 0.0268. The summed E-state index contributed by atoms with van der Waals surface area (Å²) < 4.78 is 5.23. The number of amides is 1.